The van der Waals surface area contributed by atoms with Gasteiger partial charge in [-0.15, -0.1) is 21.5 Å². The second-order valence-electron chi connectivity index (χ2n) is 5.35. The average Bonchev–Trinajstić information content (AvgIpc) is 3.28. The third-order valence-electron chi connectivity index (χ3n) is 3.59. The van der Waals surface area contributed by atoms with Crippen LogP contribution in [-0.4, -0.2) is 16.2 Å². The smallest absolute Gasteiger partial charge is 0.348 e. The number of aromatic nitrogens is 2. The molecular formula is C18H10ClFN2O3S. The van der Waals surface area contributed by atoms with E-state index in [1.165, 1.54) is 12.1 Å². The molecule has 0 unspecified atom stereocenters. The molecule has 5 nitrogen and oxygen atoms in total. The summed E-state index contributed by atoms with van der Waals surface area (Å²) in [4.78, 5) is 12.5. The van der Waals surface area contributed by atoms with E-state index in [4.69, 9.17) is 20.8 Å². The van der Waals surface area contributed by atoms with Crippen LogP contribution in [0.1, 0.15) is 15.6 Å². The van der Waals surface area contributed by atoms with E-state index in [1.54, 1.807) is 36.4 Å². The van der Waals surface area contributed by atoms with Crippen LogP contribution in [0.15, 0.2) is 52.9 Å². The van der Waals surface area contributed by atoms with Crippen LogP contribution in [-0.2, 0) is 11.3 Å². The first-order valence-electron chi connectivity index (χ1n) is 7.53. The van der Waals surface area contributed by atoms with Crippen LogP contribution in [0.4, 0.5) is 4.39 Å². The molecule has 2 heterocycles. The van der Waals surface area contributed by atoms with E-state index in [0.717, 1.165) is 11.3 Å². The fourth-order valence-electron chi connectivity index (χ4n) is 2.35. The lowest BCUT2D eigenvalue weighted by Crippen LogP contribution is -2.03. The molecule has 2 aromatic heterocycles. The molecule has 0 aliphatic heterocycles. The molecule has 0 fully saturated rings. The Bertz CT molecular complexity index is 1090. The standard InChI is InChI=1S/C18H10ClFN2O3S/c19-11-6-4-10(5-7-11)17-22-21-16(25-17)9-24-18(23)15-8-12-13(20)2-1-3-14(12)26-15/h1-8H,9H2. The molecule has 0 aliphatic carbocycles. The van der Waals surface area contributed by atoms with E-state index in [1.807, 2.05) is 0 Å². The summed E-state index contributed by atoms with van der Waals surface area (Å²) in [5.41, 5.74) is 0.708. The van der Waals surface area contributed by atoms with Crippen LogP contribution in [0.3, 0.4) is 0 Å². The Morgan fingerprint density at radius 2 is 2.00 bits per heavy atom. The molecule has 0 saturated carbocycles. The first kappa shape index (κ1) is 16.7. The van der Waals surface area contributed by atoms with E-state index in [0.29, 0.717) is 31.4 Å². The van der Waals surface area contributed by atoms with Gasteiger partial charge in [-0.05, 0) is 42.5 Å². The maximum absolute atomic E-state index is 13.7. The number of fused-ring (bicyclic) bond motifs is 1. The van der Waals surface area contributed by atoms with Crippen molar-refractivity contribution >= 4 is 39.0 Å². The molecule has 0 amide bonds. The third-order valence-corrected chi connectivity index (χ3v) is 4.93. The molecule has 0 aliphatic rings. The number of rotatable bonds is 4. The minimum Gasteiger partial charge on any atom is -0.451 e. The quantitative estimate of drug-likeness (QED) is 0.455. The predicted molar refractivity (Wildman–Crippen MR) is 95.6 cm³/mol. The van der Waals surface area contributed by atoms with Crippen molar-refractivity contribution in [3.8, 4) is 11.5 Å². The van der Waals surface area contributed by atoms with Gasteiger partial charge in [0, 0.05) is 20.7 Å². The SMILES string of the molecule is O=C(OCc1nnc(-c2ccc(Cl)cc2)o1)c1cc2c(F)cccc2s1. The highest BCUT2D eigenvalue weighted by Gasteiger charge is 2.16. The lowest BCUT2D eigenvalue weighted by molar-refractivity contribution is 0.0444. The number of halogens is 2. The van der Waals surface area contributed by atoms with E-state index >= 15 is 0 Å². The maximum Gasteiger partial charge on any atom is 0.348 e. The average molecular weight is 389 g/mol. The van der Waals surface area contributed by atoms with Gasteiger partial charge in [-0.1, -0.05) is 17.7 Å². The largest absolute Gasteiger partial charge is 0.451 e. The van der Waals surface area contributed by atoms with E-state index in [2.05, 4.69) is 10.2 Å². The van der Waals surface area contributed by atoms with E-state index in [-0.39, 0.29) is 18.3 Å². The van der Waals surface area contributed by atoms with Crippen molar-refractivity contribution < 1.29 is 18.3 Å². The van der Waals surface area contributed by atoms with Crippen molar-refractivity contribution in [2.75, 3.05) is 0 Å². The molecule has 2 aromatic carbocycles. The highest BCUT2D eigenvalue weighted by Crippen LogP contribution is 2.28. The summed E-state index contributed by atoms with van der Waals surface area (Å²) in [5, 5.41) is 8.76. The Balaban J connectivity index is 1.46. The van der Waals surface area contributed by atoms with Crippen molar-refractivity contribution in [2.45, 2.75) is 6.61 Å². The Labute approximate surface area is 156 Å². The number of carbonyl (C=O) groups excluding carboxylic acids is 1. The zero-order valence-corrected chi connectivity index (χ0v) is 14.7. The minimum absolute atomic E-state index is 0.163. The van der Waals surface area contributed by atoms with Crippen LogP contribution < -0.4 is 0 Å². The van der Waals surface area contributed by atoms with Crippen LogP contribution in [0.5, 0.6) is 0 Å². The number of thiophene rings is 1. The van der Waals surface area contributed by atoms with Crippen molar-refractivity contribution in [1.82, 2.24) is 10.2 Å². The van der Waals surface area contributed by atoms with Gasteiger partial charge in [0.15, 0.2) is 6.61 Å². The predicted octanol–water partition coefficient (Wildman–Crippen LogP) is 5.10. The molecule has 0 N–H and O–H groups in total. The Morgan fingerprint density at radius 1 is 1.19 bits per heavy atom. The molecule has 0 saturated heterocycles. The number of nitrogens with zero attached hydrogens (tertiary/aromatic N) is 2. The first-order valence-corrected chi connectivity index (χ1v) is 8.73. The van der Waals surface area contributed by atoms with Gasteiger partial charge >= 0.3 is 5.97 Å². The molecule has 26 heavy (non-hydrogen) atoms. The summed E-state index contributed by atoms with van der Waals surface area (Å²) in [7, 11) is 0. The first-order chi connectivity index (χ1) is 12.6. The van der Waals surface area contributed by atoms with Crippen LogP contribution >= 0.6 is 22.9 Å². The molecule has 0 atom stereocenters. The molecule has 4 aromatic rings. The van der Waals surface area contributed by atoms with Crippen LogP contribution in [0.2, 0.25) is 5.02 Å². The molecule has 130 valence electrons. The second kappa shape index (κ2) is 6.86. The molecule has 8 heteroatoms. The molecule has 0 bridgehead atoms. The lowest BCUT2D eigenvalue weighted by Gasteiger charge is -1.98. The number of hydrogen-bond donors (Lipinski definition) is 0. The fraction of sp³-hybridized carbons (Fsp3) is 0.0556. The highest BCUT2D eigenvalue weighted by atomic mass is 35.5. The van der Waals surface area contributed by atoms with Gasteiger partial charge < -0.3 is 9.15 Å². The topological polar surface area (TPSA) is 65.2 Å². The van der Waals surface area contributed by atoms with Crippen LogP contribution in [0.25, 0.3) is 21.5 Å². The van der Waals surface area contributed by atoms with Crippen molar-refractivity contribution in [3.63, 3.8) is 0 Å². The van der Waals surface area contributed by atoms with Gasteiger partial charge in [0.1, 0.15) is 10.7 Å². The molecular weight excluding hydrogens is 379 g/mol. The summed E-state index contributed by atoms with van der Waals surface area (Å²) in [6.45, 7) is -0.170. The summed E-state index contributed by atoms with van der Waals surface area (Å²) in [6.07, 6.45) is 0. The van der Waals surface area contributed by atoms with E-state index < -0.39 is 5.97 Å². The number of hydrogen-bond acceptors (Lipinski definition) is 6. The van der Waals surface area contributed by atoms with Gasteiger partial charge in [0.25, 0.3) is 5.89 Å². The van der Waals surface area contributed by atoms with Gasteiger partial charge in [-0.2, -0.15) is 0 Å². The zero-order valence-electron chi connectivity index (χ0n) is 13.1. The highest BCUT2D eigenvalue weighted by molar-refractivity contribution is 7.20. The number of esters is 1. The fourth-order valence-corrected chi connectivity index (χ4v) is 3.44. The number of benzene rings is 2. The summed E-state index contributed by atoms with van der Waals surface area (Å²) >= 11 is 7.00. The summed E-state index contributed by atoms with van der Waals surface area (Å²) < 4.78 is 25.1. The van der Waals surface area contributed by atoms with Crippen molar-refractivity contribution in [1.29, 1.82) is 0 Å². The van der Waals surface area contributed by atoms with Crippen molar-refractivity contribution in [2.24, 2.45) is 0 Å². The monoisotopic (exact) mass is 388 g/mol. The molecule has 0 radical (unpaired) electrons. The maximum atomic E-state index is 13.7. The summed E-state index contributed by atoms with van der Waals surface area (Å²) in [6, 6.07) is 13.1. The van der Waals surface area contributed by atoms with Gasteiger partial charge in [0.2, 0.25) is 5.89 Å². The van der Waals surface area contributed by atoms with Gasteiger partial charge in [0.05, 0.1) is 0 Å². The Morgan fingerprint density at radius 3 is 2.77 bits per heavy atom. The second-order valence-corrected chi connectivity index (χ2v) is 6.87. The Kier molecular flexibility index (Phi) is 4.40. The zero-order chi connectivity index (χ0) is 18.1. The number of ether oxygens (including phenoxy) is 1. The normalized spacial score (nSPS) is 11.0. The molecule has 4 rings (SSSR count). The third kappa shape index (κ3) is 3.31. The molecule has 0 spiro atoms. The van der Waals surface area contributed by atoms with Crippen LogP contribution in [0, 0.1) is 5.82 Å². The van der Waals surface area contributed by atoms with Gasteiger partial charge in [-0.25, -0.2) is 9.18 Å². The van der Waals surface area contributed by atoms with Gasteiger partial charge in [-0.3, -0.25) is 0 Å². The Hall–Kier alpha value is -2.77. The minimum atomic E-state index is -0.572. The summed E-state index contributed by atoms with van der Waals surface area (Å²) in [5.74, 6) is -0.480. The lowest BCUT2D eigenvalue weighted by atomic mass is 10.2. The van der Waals surface area contributed by atoms with E-state index in [9.17, 15) is 9.18 Å². The number of carbonyl (C=O) groups is 1. The van der Waals surface area contributed by atoms with Crippen molar-refractivity contribution in [3.05, 3.63) is 70.1 Å².